The van der Waals surface area contributed by atoms with Crippen molar-refractivity contribution in [3.63, 3.8) is 0 Å². The third-order valence-electron chi connectivity index (χ3n) is 3.31. The van der Waals surface area contributed by atoms with E-state index in [-0.39, 0.29) is 18.7 Å². The van der Waals surface area contributed by atoms with E-state index in [9.17, 15) is 9.90 Å². The van der Waals surface area contributed by atoms with Gasteiger partial charge in [-0.2, -0.15) is 0 Å². The molecule has 0 spiro atoms. The number of rotatable bonds is 3. The Labute approximate surface area is 116 Å². The smallest absolute Gasteiger partial charge is 0.260 e. The summed E-state index contributed by atoms with van der Waals surface area (Å²) in [4.78, 5) is 16.5. The summed E-state index contributed by atoms with van der Waals surface area (Å²) in [5, 5.41) is 10.6. The highest BCUT2D eigenvalue weighted by Crippen LogP contribution is 2.21. The molecule has 0 saturated carbocycles. The minimum atomic E-state index is -0.122. The van der Waals surface area contributed by atoms with E-state index in [1.807, 2.05) is 42.5 Å². The fraction of sp³-hybridized carbons (Fsp3) is 0.125. The molecule has 0 unspecified atom stereocenters. The maximum absolute atomic E-state index is 12.5. The molecule has 0 saturated heterocycles. The van der Waals surface area contributed by atoms with Crippen LogP contribution in [0.25, 0.3) is 22.0 Å². The number of aromatic nitrogens is 2. The summed E-state index contributed by atoms with van der Waals surface area (Å²) in [6.45, 7) is 0.194. The second kappa shape index (κ2) is 5.27. The van der Waals surface area contributed by atoms with Gasteiger partial charge in [-0.3, -0.25) is 9.78 Å². The van der Waals surface area contributed by atoms with Crippen LogP contribution >= 0.6 is 0 Å². The molecule has 3 aromatic rings. The van der Waals surface area contributed by atoms with Crippen LogP contribution in [0, 0.1) is 0 Å². The standard InChI is InChI=1S/C16H14N2O2/c19-9-8-18-15(12-4-2-1-3-5-12)10-13-6-7-17-11-14(13)16(18)20/h1-7,10-11,19H,8-9H2. The molecule has 4 nitrogen and oxygen atoms in total. The van der Waals surface area contributed by atoms with Gasteiger partial charge < -0.3 is 9.67 Å². The van der Waals surface area contributed by atoms with E-state index >= 15 is 0 Å². The zero-order valence-corrected chi connectivity index (χ0v) is 10.9. The normalized spacial score (nSPS) is 10.8. The zero-order valence-electron chi connectivity index (χ0n) is 10.9. The average molecular weight is 266 g/mol. The Morgan fingerprint density at radius 2 is 1.95 bits per heavy atom. The number of aliphatic hydroxyl groups excluding tert-OH is 1. The van der Waals surface area contributed by atoms with Gasteiger partial charge in [0, 0.05) is 18.9 Å². The van der Waals surface area contributed by atoms with Crippen LogP contribution in [-0.2, 0) is 6.54 Å². The van der Waals surface area contributed by atoms with Gasteiger partial charge in [0.15, 0.2) is 0 Å². The number of nitrogens with zero attached hydrogens (tertiary/aromatic N) is 2. The van der Waals surface area contributed by atoms with Crippen molar-refractivity contribution in [2.75, 3.05) is 6.61 Å². The molecule has 1 N–H and O–H groups in total. The molecule has 0 amide bonds. The van der Waals surface area contributed by atoms with Crippen LogP contribution in [0.2, 0.25) is 0 Å². The molecule has 0 aliphatic carbocycles. The maximum Gasteiger partial charge on any atom is 0.260 e. The summed E-state index contributed by atoms with van der Waals surface area (Å²) in [6, 6.07) is 13.5. The highest BCUT2D eigenvalue weighted by Gasteiger charge is 2.10. The highest BCUT2D eigenvalue weighted by molar-refractivity contribution is 5.84. The van der Waals surface area contributed by atoms with E-state index in [1.165, 1.54) is 0 Å². The summed E-state index contributed by atoms with van der Waals surface area (Å²) in [6.07, 6.45) is 3.24. The molecular weight excluding hydrogens is 252 g/mol. The van der Waals surface area contributed by atoms with Gasteiger partial charge in [-0.25, -0.2) is 0 Å². The first kappa shape index (κ1) is 12.6. The number of hydrogen-bond donors (Lipinski definition) is 1. The van der Waals surface area contributed by atoms with Crippen molar-refractivity contribution >= 4 is 10.8 Å². The van der Waals surface area contributed by atoms with E-state index in [0.717, 1.165) is 16.6 Å². The van der Waals surface area contributed by atoms with Crippen molar-refractivity contribution in [1.82, 2.24) is 9.55 Å². The Hall–Kier alpha value is -2.46. The molecule has 2 aromatic heterocycles. The van der Waals surface area contributed by atoms with Crippen molar-refractivity contribution in [2.45, 2.75) is 6.54 Å². The molecule has 4 heteroatoms. The van der Waals surface area contributed by atoms with Crippen LogP contribution in [0.5, 0.6) is 0 Å². The summed E-state index contributed by atoms with van der Waals surface area (Å²) in [5.41, 5.74) is 1.64. The lowest BCUT2D eigenvalue weighted by Gasteiger charge is -2.13. The van der Waals surface area contributed by atoms with Gasteiger partial charge in [-0.1, -0.05) is 30.3 Å². The quantitative estimate of drug-likeness (QED) is 0.789. The molecule has 0 atom stereocenters. The summed E-state index contributed by atoms with van der Waals surface area (Å²) < 4.78 is 1.60. The van der Waals surface area contributed by atoms with Crippen molar-refractivity contribution in [1.29, 1.82) is 0 Å². The van der Waals surface area contributed by atoms with Gasteiger partial charge in [0.2, 0.25) is 0 Å². The monoisotopic (exact) mass is 266 g/mol. The van der Waals surface area contributed by atoms with Crippen LogP contribution in [0.1, 0.15) is 0 Å². The molecule has 20 heavy (non-hydrogen) atoms. The van der Waals surface area contributed by atoms with Gasteiger partial charge in [0.05, 0.1) is 17.7 Å². The first-order valence-electron chi connectivity index (χ1n) is 6.45. The first-order chi connectivity index (χ1) is 9.81. The van der Waals surface area contributed by atoms with E-state index in [0.29, 0.717) is 5.39 Å². The van der Waals surface area contributed by atoms with Gasteiger partial charge in [0.25, 0.3) is 5.56 Å². The molecule has 100 valence electrons. The predicted octanol–water partition coefficient (Wildman–Crippen LogP) is 2.06. The van der Waals surface area contributed by atoms with Gasteiger partial charge >= 0.3 is 0 Å². The number of hydrogen-bond acceptors (Lipinski definition) is 3. The average Bonchev–Trinajstić information content (AvgIpc) is 2.51. The Morgan fingerprint density at radius 1 is 1.15 bits per heavy atom. The van der Waals surface area contributed by atoms with E-state index < -0.39 is 0 Å². The van der Waals surface area contributed by atoms with Gasteiger partial charge in [-0.05, 0) is 23.1 Å². The number of pyridine rings is 2. The molecule has 0 fully saturated rings. The van der Waals surface area contributed by atoms with E-state index in [1.54, 1.807) is 17.0 Å². The van der Waals surface area contributed by atoms with Crippen LogP contribution in [0.4, 0.5) is 0 Å². The molecule has 0 aliphatic rings. The molecule has 0 aliphatic heterocycles. The first-order valence-corrected chi connectivity index (χ1v) is 6.45. The Bertz CT molecular complexity index is 794. The molecule has 1 aromatic carbocycles. The molecule has 0 radical (unpaired) electrons. The number of benzene rings is 1. The highest BCUT2D eigenvalue weighted by atomic mass is 16.3. The van der Waals surface area contributed by atoms with Crippen molar-refractivity contribution in [2.24, 2.45) is 0 Å². The lowest BCUT2D eigenvalue weighted by atomic mass is 10.1. The lowest BCUT2D eigenvalue weighted by molar-refractivity contribution is 0.275. The zero-order chi connectivity index (χ0) is 13.9. The largest absolute Gasteiger partial charge is 0.395 e. The van der Waals surface area contributed by atoms with E-state index in [4.69, 9.17) is 0 Å². The fourth-order valence-electron chi connectivity index (χ4n) is 2.36. The Morgan fingerprint density at radius 3 is 2.70 bits per heavy atom. The minimum absolute atomic E-state index is 0.0779. The SMILES string of the molecule is O=c1c2cnccc2cc(-c2ccccc2)n1CCO. The van der Waals surface area contributed by atoms with Gasteiger partial charge in [0.1, 0.15) is 0 Å². The second-order valence-corrected chi connectivity index (χ2v) is 4.54. The minimum Gasteiger partial charge on any atom is -0.395 e. The summed E-state index contributed by atoms with van der Waals surface area (Å²) in [5.74, 6) is 0. The van der Waals surface area contributed by atoms with E-state index in [2.05, 4.69) is 4.98 Å². The second-order valence-electron chi connectivity index (χ2n) is 4.54. The predicted molar refractivity (Wildman–Crippen MR) is 78.5 cm³/mol. The van der Waals surface area contributed by atoms with Crippen molar-refractivity contribution in [3.05, 3.63) is 65.2 Å². The Kier molecular flexibility index (Phi) is 3.31. The maximum atomic E-state index is 12.5. The summed E-state index contributed by atoms with van der Waals surface area (Å²) >= 11 is 0. The van der Waals surface area contributed by atoms with Crippen LogP contribution in [-0.4, -0.2) is 21.3 Å². The Balaban J connectivity index is 2.35. The lowest BCUT2D eigenvalue weighted by Crippen LogP contribution is -2.23. The van der Waals surface area contributed by atoms with Crippen molar-refractivity contribution in [3.8, 4) is 11.3 Å². The third kappa shape index (κ3) is 2.10. The summed E-state index contributed by atoms with van der Waals surface area (Å²) in [7, 11) is 0. The van der Waals surface area contributed by atoms with Crippen LogP contribution in [0.15, 0.2) is 59.7 Å². The van der Waals surface area contributed by atoms with Crippen LogP contribution in [0.3, 0.4) is 0 Å². The fourth-order valence-corrected chi connectivity index (χ4v) is 2.36. The molecular formula is C16H14N2O2. The number of fused-ring (bicyclic) bond motifs is 1. The van der Waals surface area contributed by atoms with Gasteiger partial charge in [-0.15, -0.1) is 0 Å². The van der Waals surface area contributed by atoms with Crippen molar-refractivity contribution < 1.29 is 5.11 Å². The number of aliphatic hydroxyl groups is 1. The molecule has 0 bridgehead atoms. The molecule has 2 heterocycles. The third-order valence-corrected chi connectivity index (χ3v) is 3.31. The molecule has 3 rings (SSSR count). The topological polar surface area (TPSA) is 55.1 Å². The van der Waals surface area contributed by atoms with Crippen LogP contribution < -0.4 is 5.56 Å².